The number of hydrogen-bond acceptors (Lipinski definition) is 4. The maximum Gasteiger partial charge on any atom is 0.697 e. The van der Waals surface area contributed by atoms with Crippen LogP contribution in [0.15, 0.2) is 0 Å². The summed E-state index contributed by atoms with van der Waals surface area (Å²) >= 11 is 0. The van der Waals surface area contributed by atoms with Crippen LogP contribution in [0.2, 0.25) is 0 Å². The molecule has 0 aromatic heterocycles. The van der Waals surface area contributed by atoms with Gasteiger partial charge in [0.2, 0.25) is 0 Å². The monoisotopic (exact) mass is 346 g/mol. The maximum atomic E-state index is 11.9. The lowest BCUT2D eigenvalue weighted by molar-refractivity contribution is -0.173. The van der Waals surface area contributed by atoms with E-state index in [-0.39, 0.29) is 13.2 Å². The Bertz CT molecular complexity index is 327. The Labute approximate surface area is 129 Å². The molecule has 0 aliphatic carbocycles. The van der Waals surface area contributed by atoms with E-state index in [9.17, 15) is 22.5 Å². The molecule has 0 aliphatic heterocycles. The molecule has 0 aliphatic rings. The van der Waals surface area contributed by atoms with Gasteiger partial charge in [0.15, 0.2) is 0 Å². The van der Waals surface area contributed by atoms with Crippen molar-refractivity contribution in [3.63, 3.8) is 0 Å². The van der Waals surface area contributed by atoms with Crippen molar-refractivity contribution >= 4 is 14.2 Å². The molecular weight excluding hydrogens is 322 g/mol. The average molecular weight is 346 g/mol. The molecule has 5 nitrogen and oxygen atoms in total. The second-order valence-electron chi connectivity index (χ2n) is 4.77. The molecule has 0 bridgehead atoms. The quantitative estimate of drug-likeness (QED) is 0.403. The van der Waals surface area contributed by atoms with Crippen LogP contribution in [-0.2, 0) is 18.4 Å². The molecule has 0 saturated heterocycles. The largest absolute Gasteiger partial charge is 0.697 e. The van der Waals surface area contributed by atoms with Crippen molar-refractivity contribution in [3.05, 3.63) is 0 Å². The fourth-order valence-corrected chi connectivity index (χ4v) is 2.18. The first-order valence-electron chi connectivity index (χ1n) is 7.46. The summed E-state index contributed by atoms with van der Waals surface area (Å²) in [5.74, 6) is -1.95. The predicted octanol–water partition coefficient (Wildman–Crippen LogP) is 4.11. The van der Waals surface area contributed by atoms with E-state index in [1.807, 2.05) is 0 Å². The highest BCUT2D eigenvalue weighted by molar-refractivity contribution is 7.33. The number of alkyl halides is 3. The minimum Gasteiger partial charge on any atom is -0.348 e. The number of carbonyl (C=O) groups is 1. The minimum atomic E-state index is -4.86. The molecule has 0 heterocycles. The summed E-state index contributed by atoms with van der Waals surface area (Å²) in [6.45, 7) is 2.51. The van der Waals surface area contributed by atoms with Gasteiger partial charge in [0.25, 0.3) is 0 Å². The standard InChI is InChI=1S/C13H23F3NO4P/c1-2-3-4-5-7-10-20-22(19)21-11-8-6-9-17-12(18)13(14,15)16/h2-11H2,1H3/p+1. The van der Waals surface area contributed by atoms with E-state index >= 15 is 0 Å². The van der Waals surface area contributed by atoms with Gasteiger partial charge in [0.1, 0.15) is 13.2 Å². The molecule has 130 valence electrons. The Kier molecular flexibility index (Phi) is 12.4. The zero-order valence-electron chi connectivity index (χ0n) is 12.8. The molecule has 22 heavy (non-hydrogen) atoms. The number of hydrogen-bond donors (Lipinski definition) is 1. The Balaban J connectivity index is 3.37. The van der Waals surface area contributed by atoms with Crippen molar-refractivity contribution in [2.75, 3.05) is 19.8 Å². The van der Waals surface area contributed by atoms with Crippen LogP contribution in [0.5, 0.6) is 0 Å². The smallest absolute Gasteiger partial charge is 0.348 e. The van der Waals surface area contributed by atoms with Gasteiger partial charge in [-0.3, -0.25) is 4.79 Å². The van der Waals surface area contributed by atoms with Crippen molar-refractivity contribution in [2.24, 2.45) is 0 Å². The van der Waals surface area contributed by atoms with Crippen molar-refractivity contribution in [1.82, 2.24) is 5.32 Å². The van der Waals surface area contributed by atoms with Gasteiger partial charge in [0.05, 0.1) is 0 Å². The Morgan fingerprint density at radius 1 is 1.00 bits per heavy atom. The van der Waals surface area contributed by atoms with Crippen LogP contribution in [0.4, 0.5) is 13.2 Å². The van der Waals surface area contributed by atoms with Crippen LogP contribution in [0.1, 0.15) is 51.9 Å². The Morgan fingerprint density at radius 2 is 1.55 bits per heavy atom. The Morgan fingerprint density at radius 3 is 2.09 bits per heavy atom. The molecule has 0 saturated carbocycles. The second kappa shape index (κ2) is 12.8. The van der Waals surface area contributed by atoms with Gasteiger partial charge in [-0.1, -0.05) is 32.6 Å². The second-order valence-corrected chi connectivity index (χ2v) is 5.73. The fourth-order valence-electron chi connectivity index (χ4n) is 1.55. The number of carbonyl (C=O) groups excluding carboxylic acids is 1. The van der Waals surface area contributed by atoms with E-state index in [2.05, 4.69) is 6.92 Å². The molecule has 0 aromatic rings. The summed E-state index contributed by atoms with van der Waals surface area (Å²) in [4.78, 5) is 10.5. The maximum absolute atomic E-state index is 11.9. The lowest BCUT2D eigenvalue weighted by Crippen LogP contribution is -2.37. The third-order valence-electron chi connectivity index (χ3n) is 2.76. The molecule has 1 unspecified atom stereocenters. The summed E-state index contributed by atoms with van der Waals surface area (Å²) in [6, 6.07) is 0. The van der Waals surface area contributed by atoms with E-state index in [0.29, 0.717) is 19.4 Å². The highest BCUT2D eigenvalue weighted by Gasteiger charge is 2.38. The first-order chi connectivity index (χ1) is 10.4. The number of unbranched alkanes of at least 4 members (excludes halogenated alkanes) is 5. The molecule has 0 spiro atoms. The zero-order chi connectivity index (χ0) is 16.8. The topological polar surface area (TPSA) is 64.6 Å². The lowest BCUT2D eigenvalue weighted by Gasteiger charge is -2.06. The number of amides is 1. The highest BCUT2D eigenvalue weighted by Crippen LogP contribution is 2.24. The van der Waals surface area contributed by atoms with E-state index in [0.717, 1.165) is 25.7 Å². The van der Waals surface area contributed by atoms with Crippen LogP contribution < -0.4 is 5.32 Å². The predicted molar refractivity (Wildman–Crippen MR) is 76.6 cm³/mol. The lowest BCUT2D eigenvalue weighted by atomic mass is 10.2. The molecule has 1 amide bonds. The summed E-state index contributed by atoms with van der Waals surface area (Å²) < 4.78 is 56.7. The summed E-state index contributed by atoms with van der Waals surface area (Å²) in [6.07, 6.45) is 1.14. The molecule has 0 aromatic carbocycles. The highest BCUT2D eigenvalue weighted by atomic mass is 31.1. The molecule has 1 atom stereocenters. The van der Waals surface area contributed by atoms with Crippen LogP contribution in [0.3, 0.4) is 0 Å². The van der Waals surface area contributed by atoms with Crippen LogP contribution in [0.25, 0.3) is 0 Å². The van der Waals surface area contributed by atoms with E-state index in [1.54, 1.807) is 5.32 Å². The zero-order valence-corrected chi connectivity index (χ0v) is 13.7. The van der Waals surface area contributed by atoms with Gasteiger partial charge in [0, 0.05) is 11.1 Å². The summed E-state index contributed by atoms with van der Waals surface area (Å²) in [5.41, 5.74) is 0. The first kappa shape index (κ1) is 21.3. The SMILES string of the molecule is CCCCCCCO[P+](=O)OCCCCNC(=O)C(F)(F)F. The molecule has 1 N–H and O–H groups in total. The number of halogens is 3. The molecular formula is C13H24F3NO4P+. The van der Waals surface area contributed by atoms with E-state index in [4.69, 9.17) is 9.05 Å². The van der Waals surface area contributed by atoms with Gasteiger partial charge < -0.3 is 5.32 Å². The average Bonchev–Trinajstić information content (AvgIpc) is 2.45. The summed E-state index contributed by atoms with van der Waals surface area (Å²) in [7, 11) is -2.17. The molecule has 0 radical (unpaired) electrons. The van der Waals surface area contributed by atoms with Gasteiger partial charge >= 0.3 is 20.3 Å². The van der Waals surface area contributed by atoms with Crippen molar-refractivity contribution in [2.45, 2.75) is 58.0 Å². The number of nitrogens with one attached hydrogen (secondary N) is 1. The molecule has 9 heteroatoms. The van der Waals surface area contributed by atoms with Gasteiger partial charge in [-0.05, 0) is 19.3 Å². The third-order valence-corrected chi connectivity index (χ3v) is 3.54. The van der Waals surface area contributed by atoms with Crippen LogP contribution in [-0.4, -0.2) is 31.8 Å². The summed E-state index contributed by atoms with van der Waals surface area (Å²) in [5, 5.41) is 1.75. The first-order valence-corrected chi connectivity index (χ1v) is 8.55. The van der Waals surface area contributed by atoms with Gasteiger partial charge in [-0.2, -0.15) is 13.2 Å². The number of rotatable bonds is 13. The molecule has 0 rings (SSSR count). The van der Waals surface area contributed by atoms with Crippen molar-refractivity contribution < 1.29 is 31.6 Å². The van der Waals surface area contributed by atoms with E-state index in [1.165, 1.54) is 6.42 Å². The van der Waals surface area contributed by atoms with Crippen molar-refractivity contribution in [1.29, 1.82) is 0 Å². The van der Waals surface area contributed by atoms with Crippen LogP contribution in [0, 0.1) is 0 Å². The van der Waals surface area contributed by atoms with E-state index < -0.39 is 20.3 Å². The normalized spacial score (nSPS) is 12.3. The fraction of sp³-hybridized carbons (Fsp3) is 0.923. The van der Waals surface area contributed by atoms with Gasteiger partial charge in [-0.25, -0.2) is 0 Å². The third kappa shape index (κ3) is 13.0. The van der Waals surface area contributed by atoms with Crippen LogP contribution >= 0.6 is 8.25 Å². The molecule has 0 fully saturated rings. The van der Waals surface area contributed by atoms with Crippen molar-refractivity contribution in [3.8, 4) is 0 Å². The Hall–Kier alpha value is -0.720. The minimum absolute atomic E-state index is 0.100. The van der Waals surface area contributed by atoms with Gasteiger partial charge in [-0.15, -0.1) is 9.05 Å².